The van der Waals surface area contributed by atoms with Crippen molar-refractivity contribution in [2.45, 2.75) is 276 Å². The zero-order valence-electron chi connectivity index (χ0n) is 39.2. The van der Waals surface area contributed by atoms with Gasteiger partial charge in [-0.15, -0.1) is 0 Å². The Kier molecular flexibility index (Phi) is 47.2. The van der Waals surface area contributed by atoms with E-state index < -0.39 is 12.1 Å². The molecule has 0 fully saturated rings. The first-order chi connectivity index (χ1) is 29.0. The lowest BCUT2D eigenvalue weighted by Crippen LogP contribution is -2.45. The number of unbranched alkanes of at least 4 members (excludes halogenated alkanes) is 30. The van der Waals surface area contributed by atoms with E-state index in [2.05, 4.69) is 55.6 Å². The van der Waals surface area contributed by atoms with Gasteiger partial charge in [-0.25, -0.2) is 0 Å². The number of carbonyl (C=O) groups is 2. The molecule has 6 nitrogen and oxygen atoms in total. The molecule has 0 saturated heterocycles. The van der Waals surface area contributed by atoms with Gasteiger partial charge in [0.25, 0.3) is 0 Å². The molecule has 2 atom stereocenters. The summed E-state index contributed by atoms with van der Waals surface area (Å²) in [6.45, 7) is 4.84. The quantitative estimate of drug-likeness (QED) is 0.0323. The summed E-state index contributed by atoms with van der Waals surface area (Å²) in [7, 11) is 0. The third kappa shape index (κ3) is 45.4. The molecule has 1 amide bonds. The van der Waals surface area contributed by atoms with Gasteiger partial charge >= 0.3 is 5.97 Å². The number of hydrogen-bond acceptors (Lipinski definition) is 5. The standard InChI is InChI=1S/C53H99NO5/c1-3-5-7-9-11-13-15-17-18-19-22-25-29-33-37-41-45-51(56)50(49-55)54-52(57)46-42-38-34-30-26-23-20-24-28-32-36-40-44-48-59-53(58)47-43-39-35-31-27-21-16-14-12-10-8-6-4-2/h8,10,14,16,23,26,50-51,55-56H,3-7,9,11-13,15,17-22,24-25,27-49H2,1-2H3,(H,54,57)/b10-8-,16-14-,26-23-. The average molecular weight is 830 g/mol. The molecule has 2 unspecified atom stereocenters. The number of amides is 1. The number of hydrogen-bond donors (Lipinski definition) is 3. The summed E-state index contributed by atoms with van der Waals surface area (Å²) in [6, 6.07) is -0.562. The summed E-state index contributed by atoms with van der Waals surface area (Å²) in [6.07, 6.45) is 58.2. The molecule has 0 aliphatic heterocycles. The molecule has 0 saturated carbocycles. The zero-order chi connectivity index (χ0) is 43.0. The summed E-state index contributed by atoms with van der Waals surface area (Å²) >= 11 is 0. The van der Waals surface area contributed by atoms with Gasteiger partial charge in [-0.1, -0.05) is 211 Å². The molecule has 3 N–H and O–H groups in total. The lowest BCUT2D eigenvalue weighted by molar-refractivity contribution is -0.143. The van der Waals surface area contributed by atoms with Crippen molar-refractivity contribution in [2.75, 3.05) is 13.2 Å². The number of esters is 1. The molecule has 0 aliphatic carbocycles. The molecule has 0 aliphatic rings. The molecule has 0 heterocycles. The minimum Gasteiger partial charge on any atom is -0.466 e. The van der Waals surface area contributed by atoms with Crippen LogP contribution in [0.5, 0.6) is 0 Å². The highest BCUT2D eigenvalue weighted by Gasteiger charge is 2.20. The maximum atomic E-state index is 12.4. The Bertz CT molecular complexity index is 962. The second-order valence-corrected chi connectivity index (χ2v) is 17.5. The minimum absolute atomic E-state index is 0.0283. The number of rotatable bonds is 47. The van der Waals surface area contributed by atoms with E-state index in [1.807, 2.05) is 0 Å². The molecule has 346 valence electrons. The van der Waals surface area contributed by atoms with E-state index in [1.165, 1.54) is 148 Å². The predicted octanol–water partition coefficient (Wildman–Crippen LogP) is 15.3. The second-order valence-electron chi connectivity index (χ2n) is 17.5. The molecule has 0 aromatic heterocycles. The van der Waals surface area contributed by atoms with Gasteiger partial charge in [0.1, 0.15) is 0 Å². The van der Waals surface area contributed by atoms with Crippen LogP contribution in [0.3, 0.4) is 0 Å². The summed E-state index contributed by atoms with van der Waals surface area (Å²) < 4.78 is 5.44. The first kappa shape index (κ1) is 57.1. The number of aliphatic hydroxyl groups is 2. The summed E-state index contributed by atoms with van der Waals surface area (Å²) in [5.74, 6) is -0.0940. The van der Waals surface area contributed by atoms with Crippen LogP contribution in [0.15, 0.2) is 36.5 Å². The lowest BCUT2D eigenvalue weighted by Gasteiger charge is -2.22. The Morgan fingerprint density at radius 2 is 0.881 bits per heavy atom. The fourth-order valence-corrected chi connectivity index (χ4v) is 7.67. The van der Waals surface area contributed by atoms with Crippen LogP contribution in [0.4, 0.5) is 0 Å². The van der Waals surface area contributed by atoms with Crippen molar-refractivity contribution >= 4 is 11.9 Å². The van der Waals surface area contributed by atoms with Crippen molar-refractivity contribution in [3.05, 3.63) is 36.5 Å². The molecule has 0 radical (unpaired) electrons. The van der Waals surface area contributed by atoms with Crippen LogP contribution in [0.2, 0.25) is 0 Å². The second kappa shape index (κ2) is 48.7. The zero-order valence-corrected chi connectivity index (χ0v) is 39.2. The average Bonchev–Trinajstić information content (AvgIpc) is 3.24. The van der Waals surface area contributed by atoms with Gasteiger partial charge in [0.15, 0.2) is 0 Å². The van der Waals surface area contributed by atoms with E-state index in [9.17, 15) is 19.8 Å². The highest BCUT2D eigenvalue weighted by molar-refractivity contribution is 5.76. The normalized spacial score (nSPS) is 12.9. The molecule has 0 aromatic carbocycles. The molecule has 0 spiro atoms. The Morgan fingerprint density at radius 1 is 0.475 bits per heavy atom. The number of allylic oxidation sites excluding steroid dienone is 6. The molecular formula is C53H99NO5. The molecule has 0 rings (SSSR count). The van der Waals surface area contributed by atoms with E-state index in [0.717, 1.165) is 83.5 Å². The van der Waals surface area contributed by atoms with Crippen molar-refractivity contribution in [1.29, 1.82) is 0 Å². The molecular weight excluding hydrogens is 731 g/mol. The molecule has 0 bridgehead atoms. The van der Waals surface area contributed by atoms with E-state index in [1.54, 1.807) is 0 Å². The topological polar surface area (TPSA) is 95.9 Å². The van der Waals surface area contributed by atoms with Crippen LogP contribution >= 0.6 is 0 Å². The van der Waals surface area contributed by atoms with Gasteiger partial charge in [0.2, 0.25) is 5.91 Å². The predicted molar refractivity (Wildman–Crippen MR) is 255 cm³/mol. The van der Waals surface area contributed by atoms with Crippen LogP contribution in [0.25, 0.3) is 0 Å². The van der Waals surface area contributed by atoms with Crippen molar-refractivity contribution in [2.24, 2.45) is 0 Å². The Balaban J connectivity index is 3.52. The van der Waals surface area contributed by atoms with Gasteiger partial charge in [0, 0.05) is 12.8 Å². The van der Waals surface area contributed by atoms with Gasteiger partial charge in [-0.05, 0) is 77.0 Å². The van der Waals surface area contributed by atoms with Crippen molar-refractivity contribution < 1.29 is 24.5 Å². The summed E-state index contributed by atoms with van der Waals surface area (Å²) in [5, 5.41) is 23.2. The van der Waals surface area contributed by atoms with Crippen LogP contribution in [-0.2, 0) is 14.3 Å². The van der Waals surface area contributed by atoms with E-state index in [-0.39, 0.29) is 18.5 Å². The lowest BCUT2D eigenvalue weighted by atomic mass is 10.0. The number of carbonyl (C=O) groups excluding carboxylic acids is 2. The Hall–Kier alpha value is -1.92. The number of aliphatic hydroxyl groups excluding tert-OH is 2. The van der Waals surface area contributed by atoms with E-state index in [4.69, 9.17) is 4.74 Å². The fourth-order valence-electron chi connectivity index (χ4n) is 7.67. The van der Waals surface area contributed by atoms with E-state index in [0.29, 0.717) is 25.9 Å². The number of ether oxygens (including phenoxy) is 1. The third-order valence-corrected chi connectivity index (χ3v) is 11.6. The maximum Gasteiger partial charge on any atom is 0.305 e. The highest BCUT2D eigenvalue weighted by atomic mass is 16.5. The Morgan fingerprint density at radius 3 is 1.39 bits per heavy atom. The van der Waals surface area contributed by atoms with Crippen molar-refractivity contribution in [3.63, 3.8) is 0 Å². The largest absolute Gasteiger partial charge is 0.466 e. The maximum absolute atomic E-state index is 12.4. The Labute approximate surface area is 366 Å². The van der Waals surface area contributed by atoms with E-state index >= 15 is 0 Å². The molecule has 0 aromatic rings. The van der Waals surface area contributed by atoms with Crippen LogP contribution in [-0.4, -0.2) is 47.4 Å². The van der Waals surface area contributed by atoms with Crippen LogP contribution in [0, 0.1) is 0 Å². The molecule has 59 heavy (non-hydrogen) atoms. The van der Waals surface area contributed by atoms with Crippen molar-refractivity contribution in [3.8, 4) is 0 Å². The number of nitrogens with one attached hydrogen (secondary N) is 1. The highest BCUT2D eigenvalue weighted by Crippen LogP contribution is 2.16. The SMILES string of the molecule is CCC/C=C\C/C=C\CCCCCCCC(=O)OCCCCCCCC/C=C\CCCCCC(=O)NC(CO)C(O)CCCCCCCCCCCCCCCCCC. The minimum atomic E-state index is -0.682. The van der Waals surface area contributed by atoms with Gasteiger partial charge < -0.3 is 20.3 Å². The van der Waals surface area contributed by atoms with Crippen LogP contribution < -0.4 is 5.32 Å². The van der Waals surface area contributed by atoms with Gasteiger partial charge in [-0.3, -0.25) is 9.59 Å². The third-order valence-electron chi connectivity index (χ3n) is 11.6. The first-order valence-electron chi connectivity index (χ1n) is 25.7. The summed E-state index contributed by atoms with van der Waals surface area (Å²) in [4.78, 5) is 24.4. The van der Waals surface area contributed by atoms with Gasteiger partial charge in [-0.2, -0.15) is 0 Å². The van der Waals surface area contributed by atoms with Gasteiger partial charge in [0.05, 0.1) is 25.4 Å². The fraction of sp³-hybridized carbons (Fsp3) is 0.849. The molecule has 6 heteroatoms. The van der Waals surface area contributed by atoms with Crippen LogP contribution in [0.1, 0.15) is 264 Å². The monoisotopic (exact) mass is 830 g/mol. The summed E-state index contributed by atoms with van der Waals surface area (Å²) in [5.41, 5.74) is 0. The van der Waals surface area contributed by atoms with Crippen molar-refractivity contribution in [1.82, 2.24) is 5.32 Å². The smallest absolute Gasteiger partial charge is 0.305 e. The first-order valence-corrected chi connectivity index (χ1v) is 25.7.